The van der Waals surface area contributed by atoms with Crippen molar-refractivity contribution in [3.05, 3.63) is 267 Å². The summed E-state index contributed by atoms with van der Waals surface area (Å²) in [7, 11) is 0. The Labute approximate surface area is 429 Å². The molecule has 13 rings (SSSR count). The van der Waals surface area contributed by atoms with Crippen molar-refractivity contribution in [3.63, 3.8) is 0 Å². The number of para-hydroxylation sites is 4. The van der Waals surface area contributed by atoms with Gasteiger partial charge in [0.15, 0.2) is 11.6 Å². The average Bonchev–Trinajstić information content (AvgIpc) is 3.49. The van der Waals surface area contributed by atoms with E-state index in [1.165, 1.54) is 0 Å². The molecule has 9 aromatic carbocycles. The third-order valence-electron chi connectivity index (χ3n) is 13.2. The molecule has 348 valence electrons. The minimum Gasteiger partial charge on any atom is -0.306 e. The van der Waals surface area contributed by atoms with Gasteiger partial charge in [-0.2, -0.15) is 0 Å². The van der Waals surface area contributed by atoms with Gasteiger partial charge in [-0.1, -0.05) is 206 Å². The quantitative estimate of drug-likeness (QED) is 0.134. The Hall–Kier alpha value is -10.2. The number of benzene rings is 9. The van der Waals surface area contributed by atoms with Gasteiger partial charge in [0.1, 0.15) is 0 Å². The van der Waals surface area contributed by atoms with Gasteiger partial charge in [0, 0.05) is 44.5 Å². The van der Waals surface area contributed by atoms with Crippen LogP contribution in [0.4, 0.5) is 34.4 Å². The van der Waals surface area contributed by atoms with E-state index in [0.717, 1.165) is 107 Å². The molecule has 0 spiro atoms. The Kier molecular flexibility index (Phi) is 11.4. The first-order chi connectivity index (χ1) is 36.7. The van der Waals surface area contributed by atoms with Crippen LogP contribution in [-0.2, 0) is 0 Å². The number of fused-ring (bicyclic) bond motifs is 2. The molecule has 0 N–H and O–H groups in total. The first kappa shape index (κ1) is 43.8. The largest absolute Gasteiger partial charge is 0.306 e. The number of aromatic nitrogens is 6. The highest BCUT2D eigenvalue weighted by atomic mass is 15.3. The number of nitrogens with zero attached hydrogens (tertiary/aromatic N) is 8. The maximum Gasteiger partial charge on any atom is 0.235 e. The molecule has 8 nitrogen and oxygen atoms in total. The smallest absolute Gasteiger partial charge is 0.235 e. The summed E-state index contributed by atoms with van der Waals surface area (Å²) in [6.07, 6.45) is 0. The summed E-state index contributed by atoms with van der Waals surface area (Å²) in [4.78, 5) is 36.7. The summed E-state index contributed by atoms with van der Waals surface area (Å²) in [5.41, 5.74) is 17.0. The van der Waals surface area contributed by atoms with Crippen molar-refractivity contribution < 1.29 is 0 Å². The Bertz CT molecular complexity index is 3730. The summed E-state index contributed by atoms with van der Waals surface area (Å²) < 4.78 is 0. The van der Waals surface area contributed by atoms with E-state index < -0.39 is 0 Å². The predicted molar refractivity (Wildman–Crippen MR) is 300 cm³/mol. The van der Waals surface area contributed by atoms with E-state index in [0.29, 0.717) is 17.6 Å². The van der Waals surface area contributed by atoms with E-state index in [1.807, 2.05) is 109 Å². The van der Waals surface area contributed by atoms with Crippen LogP contribution < -0.4 is 9.80 Å². The highest BCUT2D eigenvalue weighted by Gasteiger charge is 2.34. The van der Waals surface area contributed by atoms with Crippen molar-refractivity contribution in [1.29, 1.82) is 0 Å². The third-order valence-corrected chi connectivity index (χ3v) is 13.2. The monoisotopic (exact) mass is 948 g/mol. The lowest BCUT2D eigenvalue weighted by Crippen LogP contribution is -2.25. The fourth-order valence-electron chi connectivity index (χ4n) is 9.69. The molecule has 0 unspecified atom stereocenters. The first-order valence-electron chi connectivity index (χ1n) is 24.6. The van der Waals surface area contributed by atoms with E-state index in [2.05, 4.69) is 168 Å². The molecule has 0 saturated heterocycles. The van der Waals surface area contributed by atoms with Crippen LogP contribution in [0.1, 0.15) is 0 Å². The molecule has 1 aliphatic heterocycles. The second-order valence-corrected chi connectivity index (χ2v) is 17.9. The molecule has 74 heavy (non-hydrogen) atoms. The summed E-state index contributed by atoms with van der Waals surface area (Å²) in [6, 6.07) is 91.3. The fourth-order valence-corrected chi connectivity index (χ4v) is 9.69. The van der Waals surface area contributed by atoms with Gasteiger partial charge in [0.2, 0.25) is 5.95 Å². The highest BCUT2D eigenvalue weighted by molar-refractivity contribution is 6.03. The summed E-state index contributed by atoms with van der Waals surface area (Å²) in [5.74, 6) is 1.68. The van der Waals surface area contributed by atoms with Gasteiger partial charge >= 0.3 is 0 Å². The lowest BCUT2D eigenvalue weighted by molar-refractivity contribution is 1.06. The summed E-state index contributed by atoms with van der Waals surface area (Å²) in [6.45, 7) is 0. The minimum absolute atomic E-state index is 0.549. The van der Waals surface area contributed by atoms with Gasteiger partial charge in [-0.3, -0.25) is 4.90 Å². The van der Waals surface area contributed by atoms with Crippen molar-refractivity contribution in [3.8, 4) is 90.3 Å². The maximum atomic E-state index is 5.46. The fraction of sp³-hybridized carbons (Fsp3) is 0. The molecule has 4 heterocycles. The molecule has 0 fully saturated rings. The molecular formula is C66H44N8. The molecule has 0 radical (unpaired) electrons. The van der Waals surface area contributed by atoms with E-state index in [1.54, 1.807) is 0 Å². The molecule has 8 heteroatoms. The highest BCUT2D eigenvalue weighted by Crippen LogP contribution is 2.55. The second kappa shape index (κ2) is 19.2. The van der Waals surface area contributed by atoms with Gasteiger partial charge < -0.3 is 4.90 Å². The normalized spacial score (nSPS) is 11.7. The Morgan fingerprint density at radius 3 is 0.824 bits per heavy atom. The number of hydrogen-bond donors (Lipinski definition) is 0. The Morgan fingerprint density at radius 1 is 0.203 bits per heavy atom. The second-order valence-electron chi connectivity index (χ2n) is 17.9. The van der Waals surface area contributed by atoms with Crippen molar-refractivity contribution in [1.82, 2.24) is 29.9 Å². The van der Waals surface area contributed by atoms with E-state index in [9.17, 15) is 0 Å². The van der Waals surface area contributed by atoms with Crippen LogP contribution in [0, 0.1) is 0 Å². The molecule has 0 amide bonds. The molecule has 0 saturated carbocycles. The number of hydrogen-bond acceptors (Lipinski definition) is 8. The van der Waals surface area contributed by atoms with Crippen LogP contribution in [0.15, 0.2) is 267 Å². The van der Waals surface area contributed by atoms with Crippen molar-refractivity contribution >= 4 is 34.4 Å². The Balaban J connectivity index is 1.05. The lowest BCUT2D eigenvalue weighted by atomic mass is 10.0. The van der Waals surface area contributed by atoms with E-state index in [-0.39, 0.29) is 0 Å². The molecule has 3 aromatic heterocycles. The zero-order valence-electron chi connectivity index (χ0n) is 40.0. The average molecular weight is 949 g/mol. The van der Waals surface area contributed by atoms with Crippen LogP contribution in [-0.4, -0.2) is 29.9 Å². The van der Waals surface area contributed by atoms with Gasteiger partial charge in [0.05, 0.1) is 62.6 Å². The van der Waals surface area contributed by atoms with Crippen LogP contribution in [0.2, 0.25) is 0 Å². The van der Waals surface area contributed by atoms with Crippen LogP contribution in [0.25, 0.3) is 90.3 Å². The molecule has 12 aromatic rings. The molecule has 1 aliphatic rings. The van der Waals surface area contributed by atoms with E-state index >= 15 is 0 Å². The minimum atomic E-state index is 0.549. The van der Waals surface area contributed by atoms with Crippen molar-refractivity contribution in [2.24, 2.45) is 0 Å². The van der Waals surface area contributed by atoms with Crippen LogP contribution >= 0.6 is 0 Å². The SMILES string of the molecule is c1ccc(-c2cc(-c3ccccc3)nc(-c3ccc(N4c5ccccc5N(c5nc(-c6ccccc6)cc(-c6ccccc6)n5)c5ccccc54)c(-c4nc(-c5ccccc5)cc(-c5ccccc5)n4)c3)n2)cc1. The lowest BCUT2D eigenvalue weighted by Gasteiger charge is -2.40. The van der Waals surface area contributed by atoms with Crippen molar-refractivity contribution in [2.75, 3.05) is 9.80 Å². The van der Waals surface area contributed by atoms with Gasteiger partial charge in [-0.25, -0.2) is 29.9 Å². The third kappa shape index (κ3) is 8.42. The molecule has 0 atom stereocenters. The van der Waals surface area contributed by atoms with Crippen LogP contribution in [0.3, 0.4) is 0 Å². The molecule has 0 aliphatic carbocycles. The van der Waals surface area contributed by atoms with Crippen molar-refractivity contribution in [2.45, 2.75) is 0 Å². The van der Waals surface area contributed by atoms with Crippen LogP contribution in [0.5, 0.6) is 0 Å². The zero-order valence-corrected chi connectivity index (χ0v) is 40.0. The predicted octanol–water partition coefficient (Wildman–Crippen LogP) is 16.6. The summed E-state index contributed by atoms with van der Waals surface area (Å²) in [5, 5.41) is 0. The number of rotatable bonds is 10. The van der Waals surface area contributed by atoms with Gasteiger partial charge in [-0.05, 0) is 60.7 Å². The topological polar surface area (TPSA) is 83.8 Å². The van der Waals surface area contributed by atoms with Gasteiger partial charge in [-0.15, -0.1) is 0 Å². The van der Waals surface area contributed by atoms with Gasteiger partial charge in [0.25, 0.3) is 0 Å². The molecule has 0 bridgehead atoms. The zero-order chi connectivity index (χ0) is 49.2. The summed E-state index contributed by atoms with van der Waals surface area (Å²) >= 11 is 0. The first-order valence-corrected chi connectivity index (χ1v) is 24.6. The van der Waals surface area contributed by atoms with E-state index in [4.69, 9.17) is 29.9 Å². The standard InChI is InChI=1S/C66H44N8/c1-7-23-45(24-8-1)53-42-54(46-25-9-2-10-26-46)68-64(67-53)51-39-40-59(52(41-51)65-69-55(47-27-11-3-12-28-47)43-56(70-65)48-29-13-4-14-30-48)73-60-35-19-21-37-62(60)74(63-38-22-20-36-61(63)73)66-71-57(49-31-15-5-16-32-49)44-58(72-66)50-33-17-6-18-34-50/h1-44H. The number of anilines is 6. The maximum absolute atomic E-state index is 5.46. The molecular weight excluding hydrogens is 905 g/mol. The Morgan fingerprint density at radius 2 is 0.486 bits per heavy atom.